The van der Waals surface area contributed by atoms with Gasteiger partial charge in [-0.2, -0.15) is 0 Å². The number of rotatable bonds is 4. The summed E-state index contributed by atoms with van der Waals surface area (Å²) in [6, 6.07) is 0.0787. The van der Waals surface area contributed by atoms with Crippen molar-refractivity contribution in [1.82, 2.24) is 4.90 Å². The van der Waals surface area contributed by atoms with Crippen molar-refractivity contribution in [3.05, 3.63) is 12.2 Å². The Kier molecular flexibility index (Phi) is 2.80. The van der Waals surface area contributed by atoms with Crippen molar-refractivity contribution in [2.75, 3.05) is 0 Å². The van der Waals surface area contributed by atoms with E-state index in [1.54, 1.807) is 4.90 Å². The maximum Gasteiger partial charge on any atom is 0.233 e. The molecular weight excluding hydrogens is 226 g/mol. The molecule has 3 heteroatoms. The smallest absolute Gasteiger partial charge is 0.233 e. The Morgan fingerprint density at radius 3 is 2.28 bits per heavy atom. The lowest BCUT2D eigenvalue weighted by Gasteiger charge is -2.24. The van der Waals surface area contributed by atoms with Crippen LogP contribution in [-0.4, -0.2) is 22.8 Å². The van der Waals surface area contributed by atoms with E-state index in [9.17, 15) is 9.59 Å². The van der Waals surface area contributed by atoms with E-state index in [0.717, 1.165) is 25.7 Å². The summed E-state index contributed by atoms with van der Waals surface area (Å²) in [5.74, 6) is 0.809. The summed E-state index contributed by atoms with van der Waals surface area (Å²) < 4.78 is 0. The molecule has 2 aliphatic carbocycles. The van der Waals surface area contributed by atoms with Gasteiger partial charge in [0.05, 0.1) is 11.8 Å². The first-order valence-electron chi connectivity index (χ1n) is 7.20. The summed E-state index contributed by atoms with van der Waals surface area (Å²) in [5.41, 5.74) is 0. The monoisotopic (exact) mass is 247 g/mol. The Morgan fingerprint density at radius 2 is 1.78 bits per heavy atom. The van der Waals surface area contributed by atoms with Crippen LogP contribution in [0.1, 0.15) is 39.5 Å². The van der Waals surface area contributed by atoms with Gasteiger partial charge in [-0.3, -0.25) is 14.5 Å². The Balaban J connectivity index is 1.79. The molecule has 1 saturated heterocycles. The van der Waals surface area contributed by atoms with Gasteiger partial charge in [0.2, 0.25) is 11.8 Å². The van der Waals surface area contributed by atoms with Gasteiger partial charge in [-0.1, -0.05) is 31.9 Å². The average Bonchev–Trinajstić information content (AvgIpc) is 3.01. The molecule has 3 rings (SSSR count). The second-order valence-corrected chi connectivity index (χ2v) is 6.04. The Labute approximate surface area is 108 Å². The minimum absolute atomic E-state index is 0.0309. The number of imide groups is 1. The van der Waals surface area contributed by atoms with Crippen LogP contribution >= 0.6 is 0 Å². The van der Waals surface area contributed by atoms with Crippen molar-refractivity contribution >= 4 is 11.8 Å². The third-order valence-corrected chi connectivity index (χ3v) is 4.92. The second-order valence-electron chi connectivity index (χ2n) is 6.04. The third-order valence-electron chi connectivity index (χ3n) is 4.92. The second kappa shape index (κ2) is 4.22. The quantitative estimate of drug-likeness (QED) is 0.565. The van der Waals surface area contributed by atoms with E-state index in [4.69, 9.17) is 0 Å². The number of fused-ring (bicyclic) bond motifs is 5. The normalized spacial score (nSPS) is 38.7. The van der Waals surface area contributed by atoms with Crippen LogP contribution < -0.4 is 0 Å². The number of hydrogen-bond donors (Lipinski definition) is 0. The van der Waals surface area contributed by atoms with Crippen molar-refractivity contribution in [2.45, 2.75) is 45.6 Å². The van der Waals surface area contributed by atoms with Gasteiger partial charge < -0.3 is 0 Å². The van der Waals surface area contributed by atoms with Crippen LogP contribution in [0.5, 0.6) is 0 Å². The molecule has 1 heterocycles. The molecule has 5 atom stereocenters. The summed E-state index contributed by atoms with van der Waals surface area (Å²) in [6.45, 7) is 4.15. The zero-order valence-corrected chi connectivity index (χ0v) is 11.1. The van der Waals surface area contributed by atoms with Gasteiger partial charge in [0.25, 0.3) is 0 Å². The van der Waals surface area contributed by atoms with Crippen LogP contribution in [0.3, 0.4) is 0 Å². The molecule has 0 spiro atoms. The molecule has 0 N–H and O–H groups in total. The first-order chi connectivity index (χ1) is 8.65. The third kappa shape index (κ3) is 1.49. The highest BCUT2D eigenvalue weighted by Gasteiger charge is 2.59. The fraction of sp³-hybridized carbons (Fsp3) is 0.733. The lowest BCUT2D eigenvalue weighted by Crippen LogP contribution is -2.40. The van der Waals surface area contributed by atoms with Gasteiger partial charge in [-0.25, -0.2) is 0 Å². The summed E-state index contributed by atoms with van der Waals surface area (Å²) in [7, 11) is 0. The molecule has 0 radical (unpaired) electrons. The summed E-state index contributed by atoms with van der Waals surface area (Å²) >= 11 is 0. The van der Waals surface area contributed by atoms with Crippen molar-refractivity contribution in [2.24, 2.45) is 23.7 Å². The summed E-state index contributed by atoms with van der Waals surface area (Å²) in [5, 5.41) is 0. The van der Waals surface area contributed by atoms with Gasteiger partial charge in [0.1, 0.15) is 0 Å². The lowest BCUT2D eigenvalue weighted by molar-refractivity contribution is -0.143. The number of nitrogens with zero attached hydrogens (tertiary/aromatic N) is 1. The fourth-order valence-electron chi connectivity index (χ4n) is 3.99. The highest BCUT2D eigenvalue weighted by molar-refractivity contribution is 6.06. The predicted molar refractivity (Wildman–Crippen MR) is 68.6 cm³/mol. The first kappa shape index (κ1) is 11.9. The van der Waals surface area contributed by atoms with Crippen molar-refractivity contribution in [3.63, 3.8) is 0 Å². The molecule has 3 aliphatic rings. The van der Waals surface area contributed by atoms with E-state index >= 15 is 0 Å². The Morgan fingerprint density at radius 1 is 1.22 bits per heavy atom. The number of hydrogen-bond acceptors (Lipinski definition) is 2. The van der Waals surface area contributed by atoms with Gasteiger partial charge in [0, 0.05) is 6.04 Å². The SMILES string of the molecule is CCCCC(C)N1C(=O)C2C3C=CC(C3)C2C1=O. The molecule has 0 aromatic rings. The number of unbranched alkanes of at least 4 members (excludes halogenated alkanes) is 1. The average molecular weight is 247 g/mol. The Bertz CT molecular complexity index is 385. The molecule has 2 amide bonds. The molecule has 2 bridgehead atoms. The highest BCUT2D eigenvalue weighted by atomic mass is 16.2. The number of carbonyl (C=O) groups is 2. The molecule has 98 valence electrons. The van der Waals surface area contributed by atoms with E-state index < -0.39 is 0 Å². The summed E-state index contributed by atoms with van der Waals surface area (Å²) in [6.07, 6.45) is 8.45. The minimum Gasteiger partial charge on any atom is -0.279 e. The summed E-state index contributed by atoms with van der Waals surface area (Å²) in [4.78, 5) is 26.5. The molecule has 18 heavy (non-hydrogen) atoms. The maximum atomic E-state index is 12.5. The zero-order valence-electron chi connectivity index (χ0n) is 11.1. The Hall–Kier alpha value is -1.12. The van der Waals surface area contributed by atoms with E-state index in [0.29, 0.717) is 11.8 Å². The van der Waals surface area contributed by atoms with E-state index in [1.807, 2.05) is 6.92 Å². The molecular formula is C15H21NO2. The predicted octanol–water partition coefficient (Wildman–Crippen LogP) is 2.37. The number of likely N-dealkylation sites (tertiary alicyclic amines) is 1. The topological polar surface area (TPSA) is 37.4 Å². The highest BCUT2D eigenvalue weighted by Crippen LogP contribution is 2.52. The molecule has 0 aromatic heterocycles. The van der Waals surface area contributed by atoms with Crippen LogP contribution in [0.4, 0.5) is 0 Å². The molecule has 1 saturated carbocycles. The maximum absolute atomic E-state index is 12.5. The van der Waals surface area contributed by atoms with Crippen LogP contribution in [0, 0.1) is 23.7 Å². The van der Waals surface area contributed by atoms with Crippen molar-refractivity contribution in [1.29, 1.82) is 0 Å². The van der Waals surface area contributed by atoms with Crippen LogP contribution in [-0.2, 0) is 9.59 Å². The first-order valence-corrected chi connectivity index (χ1v) is 7.20. The van der Waals surface area contributed by atoms with Crippen LogP contribution in [0.2, 0.25) is 0 Å². The largest absolute Gasteiger partial charge is 0.279 e. The number of allylic oxidation sites excluding steroid dienone is 2. The molecule has 2 fully saturated rings. The van der Waals surface area contributed by atoms with E-state index in [-0.39, 0.29) is 29.7 Å². The number of carbonyl (C=O) groups excluding carboxylic acids is 2. The molecule has 5 unspecified atom stereocenters. The van der Waals surface area contributed by atoms with Gasteiger partial charge in [-0.15, -0.1) is 0 Å². The number of amides is 2. The van der Waals surface area contributed by atoms with Gasteiger partial charge in [0.15, 0.2) is 0 Å². The molecule has 0 aromatic carbocycles. The van der Waals surface area contributed by atoms with Crippen LogP contribution in [0.25, 0.3) is 0 Å². The van der Waals surface area contributed by atoms with Crippen molar-refractivity contribution in [3.8, 4) is 0 Å². The lowest BCUT2D eigenvalue weighted by atomic mass is 9.85. The standard InChI is InChI=1S/C15H21NO2/c1-3-4-5-9(2)16-14(17)12-10-6-7-11(8-10)13(12)15(16)18/h6-7,9-13H,3-5,8H2,1-2H3. The fourth-order valence-corrected chi connectivity index (χ4v) is 3.99. The van der Waals surface area contributed by atoms with Gasteiger partial charge in [-0.05, 0) is 31.6 Å². The van der Waals surface area contributed by atoms with E-state index in [1.165, 1.54) is 0 Å². The van der Waals surface area contributed by atoms with Crippen molar-refractivity contribution < 1.29 is 9.59 Å². The zero-order chi connectivity index (χ0) is 12.9. The van der Waals surface area contributed by atoms with Crippen LogP contribution in [0.15, 0.2) is 12.2 Å². The molecule has 1 aliphatic heterocycles. The molecule has 3 nitrogen and oxygen atoms in total. The van der Waals surface area contributed by atoms with E-state index in [2.05, 4.69) is 19.1 Å². The minimum atomic E-state index is -0.0309. The van der Waals surface area contributed by atoms with Gasteiger partial charge >= 0.3 is 0 Å².